The minimum absolute atomic E-state index is 0.0404. The predicted octanol–water partition coefficient (Wildman–Crippen LogP) is 1.69. The highest BCUT2D eigenvalue weighted by Crippen LogP contribution is 2.26. The number of nitro benzene ring substituents is 1. The number of aliphatic hydroxyl groups excluding tert-OH is 1. The third kappa shape index (κ3) is 4.23. The summed E-state index contributed by atoms with van der Waals surface area (Å²) in [5, 5.41) is 19.6. The van der Waals surface area contributed by atoms with Gasteiger partial charge >= 0.3 is 0 Å². The number of rotatable bonds is 8. The van der Waals surface area contributed by atoms with Gasteiger partial charge in [-0.15, -0.1) is 0 Å². The van der Waals surface area contributed by atoms with E-state index in [2.05, 4.69) is 0 Å². The lowest BCUT2D eigenvalue weighted by Crippen LogP contribution is -2.28. The fraction of sp³-hybridized carbons (Fsp3) is 0.538. The van der Waals surface area contributed by atoms with Gasteiger partial charge in [-0.3, -0.25) is 10.1 Å². The van der Waals surface area contributed by atoms with Gasteiger partial charge in [0.25, 0.3) is 5.69 Å². The molecule has 0 aliphatic carbocycles. The molecule has 0 heterocycles. The molecule has 1 rings (SSSR count). The highest BCUT2D eigenvalue weighted by molar-refractivity contribution is 7.89. The first kappa shape index (κ1) is 17.5. The van der Waals surface area contributed by atoms with E-state index in [0.717, 1.165) is 6.42 Å². The van der Waals surface area contributed by atoms with Crippen molar-refractivity contribution >= 4 is 15.7 Å². The third-order valence-electron chi connectivity index (χ3n) is 3.27. The Morgan fingerprint density at radius 1 is 1.29 bits per heavy atom. The highest BCUT2D eigenvalue weighted by Gasteiger charge is 2.26. The zero-order chi connectivity index (χ0) is 16.0. The molecule has 1 aromatic rings. The number of hydrogen-bond donors (Lipinski definition) is 1. The van der Waals surface area contributed by atoms with Gasteiger partial charge in [-0.1, -0.05) is 6.07 Å². The van der Waals surface area contributed by atoms with Crippen LogP contribution < -0.4 is 0 Å². The zero-order valence-electron chi connectivity index (χ0n) is 12.2. The van der Waals surface area contributed by atoms with E-state index in [4.69, 9.17) is 5.11 Å². The number of benzene rings is 1. The molecule has 0 unspecified atom stereocenters. The summed E-state index contributed by atoms with van der Waals surface area (Å²) >= 11 is 0. The van der Waals surface area contributed by atoms with Crippen molar-refractivity contribution in [2.24, 2.45) is 0 Å². The van der Waals surface area contributed by atoms with Gasteiger partial charge in [0, 0.05) is 31.8 Å². The molecule has 0 aromatic heterocycles. The Hall–Kier alpha value is -1.51. The van der Waals surface area contributed by atoms with Crippen LogP contribution in [0.1, 0.15) is 24.8 Å². The molecule has 8 heteroatoms. The van der Waals surface area contributed by atoms with Gasteiger partial charge in [0.15, 0.2) is 0 Å². The lowest BCUT2D eigenvalue weighted by molar-refractivity contribution is -0.385. The summed E-state index contributed by atoms with van der Waals surface area (Å²) in [6.07, 6.45) is 1.98. The number of unbranched alkanes of at least 4 members (excludes halogenated alkanes) is 2. The second kappa shape index (κ2) is 7.48. The molecular formula is C13H20N2O5S. The number of aliphatic hydroxyl groups is 1. The number of nitro groups is 1. The van der Waals surface area contributed by atoms with Crippen molar-refractivity contribution in [3.63, 3.8) is 0 Å². The zero-order valence-corrected chi connectivity index (χ0v) is 13.0. The summed E-state index contributed by atoms with van der Waals surface area (Å²) in [7, 11) is -2.30. The maximum Gasteiger partial charge on any atom is 0.273 e. The maximum atomic E-state index is 12.4. The van der Waals surface area contributed by atoms with E-state index in [-0.39, 0.29) is 22.8 Å². The van der Waals surface area contributed by atoms with Gasteiger partial charge in [0.1, 0.15) is 0 Å². The molecule has 0 saturated carbocycles. The molecule has 0 aliphatic heterocycles. The van der Waals surface area contributed by atoms with Crippen LogP contribution in [0.3, 0.4) is 0 Å². The Balaban J connectivity index is 2.97. The van der Waals surface area contributed by atoms with Crippen molar-refractivity contribution in [3.05, 3.63) is 33.9 Å². The van der Waals surface area contributed by atoms with E-state index in [1.807, 2.05) is 0 Å². The first-order chi connectivity index (χ1) is 9.82. The van der Waals surface area contributed by atoms with E-state index in [9.17, 15) is 18.5 Å². The molecule has 1 aromatic carbocycles. The van der Waals surface area contributed by atoms with Gasteiger partial charge in [0.2, 0.25) is 10.0 Å². The van der Waals surface area contributed by atoms with Crippen LogP contribution in [0.15, 0.2) is 23.1 Å². The lowest BCUT2D eigenvalue weighted by atomic mass is 10.2. The fourth-order valence-corrected chi connectivity index (χ4v) is 3.44. The molecule has 0 bridgehead atoms. The van der Waals surface area contributed by atoms with Crippen LogP contribution in [-0.2, 0) is 10.0 Å². The van der Waals surface area contributed by atoms with Crippen molar-refractivity contribution in [2.45, 2.75) is 31.1 Å². The molecule has 0 fully saturated rings. The Labute approximate surface area is 124 Å². The molecular weight excluding hydrogens is 296 g/mol. The molecule has 0 saturated heterocycles. The monoisotopic (exact) mass is 316 g/mol. The summed E-state index contributed by atoms with van der Waals surface area (Å²) in [6.45, 7) is 1.83. The lowest BCUT2D eigenvalue weighted by Gasteiger charge is -2.18. The Kier molecular flexibility index (Phi) is 6.25. The van der Waals surface area contributed by atoms with Crippen LogP contribution in [0.5, 0.6) is 0 Å². The van der Waals surface area contributed by atoms with Crippen LogP contribution in [-0.4, -0.2) is 43.0 Å². The predicted molar refractivity (Wildman–Crippen MR) is 78.6 cm³/mol. The van der Waals surface area contributed by atoms with E-state index in [0.29, 0.717) is 19.4 Å². The quantitative estimate of drug-likeness (QED) is 0.447. The number of hydrogen-bond acceptors (Lipinski definition) is 5. The maximum absolute atomic E-state index is 12.4. The fourth-order valence-electron chi connectivity index (χ4n) is 1.99. The second-order valence-electron chi connectivity index (χ2n) is 4.77. The molecule has 0 atom stereocenters. The van der Waals surface area contributed by atoms with Crippen molar-refractivity contribution in [1.29, 1.82) is 0 Å². The summed E-state index contributed by atoms with van der Waals surface area (Å²) < 4.78 is 26.1. The van der Waals surface area contributed by atoms with Crippen molar-refractivity contribution in [3.8, 4) is 0 Å². The minimum atomic E-state index is -3.75. The van der Waals surface area contributed by atoms with Crippen LogP contribution in [0, 0.1) is 17.0 Å². The van der Waals surface area contributed by atoms with Gasteiger partial charge < -0.3 is 5.11 Å². The summed E-state index contributed by atoms with van der Waals surface area (Å²) in [6, 6.07) is 4.04. The van der Waals surface area contributed by atoms with Crippen LogP contribution >= 0.6 is 0 Å². The average molecular weight is 316 g/mol. The number of nitrogens with zero attached hydrogens (tertiary/aromatic N) is 2. The smallest absolute Gasteiger partial charge is 0.273 e. The van der Waals surface area contributed by atoms with Gasteiger partial charge in [-0.05, 0) is 32.3 Å². The van der Waals surface area contributed by atoms with E-state index in [1.54, 1.807) is 0 Å². The van der Waals surface area contributed by atoms with Gasteiger partial charge in [0.05, 0.1) is 9.82 Å². The minimum Gasteiger partial charge on any atom is -0.396 e. The highest BCUT2D eigenvalue weighted by atomic mass is 32.2. The summed E-state index contributed by atoms with van der Waals surface area (Å²) in [4.78, 5) is 10.3. The Bertz CT molecular complexity index is 601. The standard InChI is InChI=1S/C13H20N2O5S/c1-11-12(15(17)18)7-6-8-13(11)21(19,20)14(2)9-4-3-5-10-16/h6-8,16H,3-5,9-10H2,1-2H3. The van der Waals surface area contributed by atoms with Crippen LogP contribution in [0.2, 0.25) is 0 Å². The first-order valence-corrected chi connectivity index (χ1v) is 8.07. The normalized spacial score (nSPS) is 11.8. The number of sulfonamides is 1. The van der Waals surface area contributed by atoms with Crippen molar-refractivity contribution in [1.82, 2.24) is 4.31 Å². The molecule has 0 amide bonds. The molecule has 7 nitrogen and oxygen atoms in total. The molecule has 0 radical (unpaired) electrons. The van der Waals surface area contributed by atoms with Crippen molar-refractivity contribution in [2.75, 3.05) is 20.2 Å². The largest absolute Gasteiger partial charge is 0.396 e. The van der Waals surface area contributed by atoms with Gasteiger partial charge in [-0.2, -0.15) is 0 Å². The third-order valence-corrected chi connectivity index (χ3v) is 5.27. The molecule has 0 spiro atoms. The Morgan fingerprint density at radius 3 is 2.52 bits per heavy atom. The first-order valence-electron chi connectivity index (χ1n) is 6.63. The molecule has 118 valence electrons. The SMILES string of the molecule is Cc1c([N+](=O)[O-])cccc1S(=O)(=O)N(C)CCCCCO. The molecule has 0 aliphatic rings. The van der Waals surface area contributed by atoms with Crippen LogP contribution in [0.25, 0.3) is 0 Å². The average Bonchev–Trinajstić information content (AvgIpc) is 2.43. The summed E-state index contributed by atoms with van der Waals surface area (Å²) in [5.74, 6) is 0. The summed E-state index contributed by atoms with van der Waals surface area (Å²) in [5.41, 5.74) is -0.0607. The van der Waals surface area contributed by atoms with Gasteiger partial charge in [-0.25, -0.2) is 12.7 Å². The molecule has 21 heavy (non-hydrogen) atoms. The van der Waals surface area contributed by atoms with E-state index < -0.39 is 14.9 Å². The Morgan fingerprint density at radius 2 is 1.95 bits per heavy atom. The topological polar surface area (TPSA) is 101 Å². The van der Waals surface area contributed by atoms with Crippen molar-refractivity contribution < 1.29 is 18.4 Å². The second-order valence-corrected chi connectivity index (χ2v) is 6.78. The van der Waals surface area contributed by atoms with E-state index >= 15 is 0 Å². The molecule has 1 N–H and O–H groups in total. The van der Waals surface area contributed by atoms with Crippen LogP contribution in [0.4, 0.5) is 5.69 Å². The van der Waals surface area contributed by atoms with E-state index in [1.165, 1.54) is 36.5 Å².